The molecule has 1 aliphatic heterocycles. The number of phenolic OH excluding ortho intramolecular Hbond substituents is 1. The van der Waals surface area contributed by atoms with Gasteiger partial charge in [0, 0.05) is 46.0 Å². The van der Waals surface area contributed by atoms with Gasteiger partial charge in [0.1, 0.15) is 5.75 Å². The van der Waals surface area contributed by atoms with E-state index in [4.69, 9.17) is 0 Å². The lowest BCUT2D eigenvalue weighted by molar-refractivity contribution is 0.0745. The molecule has 0 radical (unpaired) electrons. The van der Waals surface area contributed by atoms with E-state index in [1.807, 2.05) is 35.2 Å². The van der Waals surface area contributed by atoms with Gasteiger partial charge in [0.05, 0.1) is 5.56 Å². The molecule has 1 fully saturated rings. The van der Waals surface area contributed by atoms with Crippen molar-refractivity contribution >= 4 is 50.1 Å². The number of piperazine rings is 1. The number of nitrogens with zero attached hydrogens (tertiary/aromatic N) is 2. The molecule has 1 amide bonds. The summed E-state index contributed by atoms with van der Waals surface area (Å²) in [5.74, 6) is 0.343. The average molecular weight is 487 g/mol. The molecular formula is C17H16BrIN2O2. The second kappa shape index (κ2) is 7.09. The summed E-state index contributed by atoms with van der Waals surface area (Å²) in [5, 5.41) is 9.59. The highest BCUT2D eigenvalue weighted by Gasteiger charge is 2.23. The lowest BCUT2D eigenvalue weighted by Crippen LogP contribution is -2.49. The largest absolute Gasteiger partial charge is 0.508 e. The molecule has 2 aromatic carbocycles. The molecule has 1 N–H and O–H groups in total. The van der Waals surface area contributed by atoms with Crippen molar-refractivity contribution < 1.29 is 9.90 Å². The highest BCUT2D eigenvalue weighted by molar-refractivity contribution is 14.1. The van der Waals surface area contributed by atoms with Crippen LogP contribution in [0.15, 0.2) is 46.9 Å². The second-order valence-electron chi connectivity index (χ2n) is 5.42. The number of carbonyl (C=O) groups is 1. The van der Waals surface area contributed by atoms with E-state index in [-0.39, 0.29) is 11.7 Å². The predicted molar refractivity (Wildman–Crippen MR) is 103 cm³/mol. The molecule has 0 spiro atoms. The van der Waals surface area contributed by atoms with Crippen LogP contribution in [0.25, 0.3) is 0 Å². The number of phenols is 1. The summed E-state index contributed by atoms with van der Waals surface area (Å²) >= 11 is 5.63. The molecule has 0 saturated carbocycles. The SMILES string of the molecule is O=C(c1cc(Br)ccc1I)N1CCN(c2cccc(O)c2)CC1. The number of anilines is 1. The van der Waals surface area contributed by atoms with Gasteiger partial charge in [0.2, 0.25) is 0 Å². The van der Waals surface area contributed by atoms with Crippen LogP contribution in [0.2, 0.25) is 0 Å². The number of benzene rings is 2. The van der Waals surface area contributed by atoms with Crippen molar-refractivity contribution in [2.45, 2.75) is 0 Å². The van der Waals surface area contributed by atoms with Gasteiger partial charge in [-0.3, -0.25) is 4.79 Å². The molecule has 0 bridgehead atoms. The molecule has 0 atom stereocenters. The fourth-order valence-corrected chi connectivity index (χ4v) is 3.62. The maximum absolute atomic E-state index is 12.7. The summed E-state index contributed by atoms with van der Waals surface area (Å²) in [6, 6.07) is 13.0. The van der Waals surface area contributed by atoms with Gasteiger partial charge in [-0.25, -0.2) is 0 Å². The van der Waals surface area contributed by atoms with Crippen LogP contribution < -0.4 is 4.90 Å². The molecule has 2 aromatic rings. The van der Waals surface area contributed by atoms with Crippen molar-refractivity contribution in [3.63, 3.8) is 0 Å². The fourth-order valence-electron chi connectivity index (χ4n) is 2.69. The number of rotatable bonds is 2. The lowest BCUT2D eigenvalue weighted by Gasteiger charge is -2.36. The van der Waals surface area contributed by atoms with E-state index in [2.05, 4.69) is 43.4 Å². The van der Waals surface area contributed by atoms with Gasteiger partial charge >= 0.3 is 0 Å². The molecule has 6 heteroatoms. The van der Waals surface area contributed by atoms with Crippen LogP contribution in [0.1, 0.15) is 10.4 Å². The highest BCUT2D eigenvalue weighted by atomic mass is 127. The summed E-state index contributed by atoms with van der Waals surface area (Å²) in [6.07, 6.45) is 0. The highest BCUT2D eigenvalue weighted by Crippen LogP contribution is 2.23. The third-order valence-electron chi connectivity index (χ3n) is 3.92. The normalized spacial score (nSPS) is 14.9. The van der Waals surface area contributed by atoms with Crippen molar-refractivity contribution in [2.24, 2.45) is 0 Å². The first-order valence-electron chi connectivity index (χ1n) is 7.33. The Kier molecular flexibility index (Phi) is 5.11. The summed E-state index contributed by atoms with van der Waals surface area (Å²) in [6.45, 7) is 2.88. The zero-order valence-electron chi connectivity index (χ0n) is 12.4. The van der Waals surface area contributed by atoms with Crippen LogP contribution in [0.5, 0.6) is 5.75 Å². The van der Waals surface area contributed by atoms with E-state index in [0.717, 1.165) is 32.4 Å². The number of halogens is 2. The number of aromatic hydroxyl groups is 1. The van der Waals surface area contributed by atoms with Crippen molar-refractivity contribution in [3.05, 3.63) is 56.1 Å². The first-order chi connectivity index (χ1) is 11.0. The zero-order valence-corrected chi connectivity index (χ0v) is 16.1. The van der Waals surface area contributed by atoms with E-state index < -0.39 is 0 Å². The molecule has 3 rings (SSSR count). The van der Waals surface area contributed by atoms with Crippen LogP contribution in [-0.2, 0) is 0 Å². The Hall–Kier alpha value is -1.28. The topological polar surface area (TPSA) is 43.8 Å². The molecule has 0 aromatic heterocycles. The van der Waals surface area contributed by atoms with Crippen LogP contribution in [0.3, 0.4) is 0 Å². The van der Waals surface area contributed by atoms with E-state index >= 15 is 0 Å². The van der Waals surface area contributed by atoms with Crippen LogP contribution in [-0.4, -0.2) is 42.1 Å². The Balaban J connectivity index is 1.69. The van der Waals surface area contributed by atoms with Crippen molar-refractivity contribution in [3.8, 4) is 5.75 Å². The Morgan fingerprint density at radius 2 is 1.83 bits per heavy atom. The van der Waals surface area contributed by atoms with Gasteiger partial charge in [-0.2, -0.15) is 0 Å². The molecule has 4 nitrogen and oxygen atoms in total. The number of hydrogen-bond acceptors (Lipinski definition) is 3. The lowest BCUT2D eigenvalue weighted by atomic mass is 10.1. The number of amides is 1. The van der Waals surface area contributed by atoms with Crippen molar-refractivity contribution in [1.82, 2.24) is 4.90 Å². The Bertz CT molecular complexity index is 730. The molecule has 1 heterocycles. The number of carbonyl (C=O) groups excluding carboxylic acids is 1. The smallest absolute Gasteiger partial charge is 0.255 e. The molecular weight excluding hydrogens is 471 g/mol. The van der Waals surface area contributed by atoms with Gasteiger partial charge in [-0.1, -0.05) is 22.0 Å². The van der Waals surface area contributed by atoms with Crippen molar-refractivity contribution in [1.29, 1.82) is 0 Å². The summed E-state index contributed by atoms with van der Waals surface area (Å²) in [4.78, 5) is 16.8. The Morgan fingerprint density at radius 3 is 2.52 bits per heavy atom. The van der Waals surface area contributed by atoms with Crippen LogP contribution in [0.4, 0.5) is 5.69 Å². The van der Waals surface area contributed by atoms with E-state index in [9.17, 15) is 9.90 Å². The minimum Gasteiger partial charge on any atom is -0.508 e. The number of hydrogen-bond donors (Lipinski definition) is 1. The van der Waals surface area contributed by atoms with Gasteiger partial charge < -0.3 is 14.9 Å². The van der Waals surface area contributed by atoms with Gasteiger partial charge in [-0.15, -0.1) is 0 Å². The second-order valence-corrected chi connectivity index (χ2v) is 7.50. The van der Waals surface area contributed by atoms with Crippen LogP contribution in [0, 0.1) is 3.57 Å². The first kappa shape index (κ1) is 16.6. The monoisotopic (exact) mass is 486 g/mol. The predicted octanol–water partition coefficient (Wildman–Crippen LogP) is 3.72. The summed E-state index contributed by atoms with van der Waals surface area (Å²) in [5.41, 5.74) is 1.74. The maximum Gasteiger partial charge on any atom is 0.255 e. The molecule has 23 heavy (non-hydrogen) atoms. The van der Waals surface area contributed by atoms with Gasteiger partial charge in [0.25, 0.3) is 5.91 Å². The quantitative estimate of drug-likeness (QED) is 0.658. The van der Waals surface area contributed by atoms with E-state index in [1.54, 1.807) is 12.1 Å². The molecule has 0 aliphatic carbocycles. The third kappa shape index (κ3) is 3.80. The summed E-state index contributed by atoms with van der Waals surface area (Å²) < 4.78 is 1.88. The molecule has 1 saturated heterocycles. The van der Waals surface area contributed by atoms with E-state index in [0.29, 0.717) is 13.1 Å². The summed E-state index contributed by atoms with van der Waals surface area (Å²) in [7, 11) is 0. The molecule has 120 valence electrons. The minimum absolute atomic E-state index is 0.0752. The standard InChI is InChI=1S/C17H16BrIN2O2/c18-12-4-5-16(19)15(10-12)17(23)21-8-6-20(7-9-21)13-2-1-3-14(22)11-13/h1-5,10-11,22H,6-9H2. The fraction of sp³-hybridized carbons (Fsp3) is 0.235. The zero-order chi connectivity index (χ0) is 16.4. The van der Waals surface area contributed by atoms with Gasteiger partial charge in [-0.05, 0) is 52.9 Å². The Morgan fingerprint density at radius 1 is 1.09 bits per heavy atom. The molecule has 0 unspecified atom stereocenters. The Labute approximate surface area is 157 Å². The van der Waals surface area contributed by atoms with E-state index in [1.165, 1.54) is 0 Å². The average Bonchev–Trinajstić information content (AvgIpc) is 2.56. The van der Waals surface area contributed by atoms with Crippen molar-refractivity contribution in [2.75, 3.05) is 31.1 Å². The van der Waals surface area contributed by atoms with Crippen LogP contribution >= 0.6 is 38.5 Å². The molecule has 1 aliphatic rings. The first-order valence-corrected chi connectivity index (χ1v) is 9.20. The maximum atomic E-state index is 12.7. The van der Waals surface area contributed by atoms with Gasteiger partial charge in [0.15, 0.2) is 0 Å². The third-order valence-corrected chi connectivity index (χ3v) is 5.35. The minimum atomic E-state index is 0.0752.